The monoisotopic (exact) mass is 368 g/mol. The lowest BCUT2D eigenvalue weighted by Gasteiger charge is -2.33. The average molecular weight is 369 g/mol. The predicted octanol–water partition coefficient (Wildman–Crippen LogP) is 0.991. The number of hydrogen-bond donors (Lipinski definition) is 3. The summed E-state index contributed by atoms with van der Waals surface area (Å²) in [6.07, 6.45) is 0.0799. The van der Waals surface area contributed by atoms with Crippen molar-refractivity contribution >= 4 is 29.1 Å². The fourth-order valence-corrected chi connectivity index (χ4v) is 2.43. The van der Waals surface area contributed by atoms with Gasteiger partial charge in [0.1, 0.15) is 0 Å². The van der Waals surface area contributed by atoms with Crippen molar-refractivity contribution in [3.63, 3.8) is 0 Å². The molecule has 1 unspecified atom stereocenters. The van der Waals surface area contributed by atoms with Gasteiger partial charge in [0, 0.05) is 13.0 Å². The van der Waals surface area contributed by atoms with Crippen LogP contribution in [-0.2, 0) is 11.3 Å². The zero-order valence-electron chi connectivity index (χ0n) is 14.7. The largest absolute Gasteiger partial charge is 0.349 e. The molecule has 8 heteroatoms. The lowest BCUT2D eigenvalue weighted by Crippen LogP contribution is -2.55. The van der Waals surface area contributed by atoms with Gasteiger partial charge in [-0.25, -0.2) is 4.68 Å². The SMILES string of the molecule is CC(C)C(C)(CN)NC(=O)CCn1[nH]c(=O)c2ccccc2c1=O.Cl. The van der Waals surface area contributed by atoms with Crippen LogP contribution in [0.2, 0.25) is 0 Å². The van der Waals surface area contributed by atoms with Crippen molar-refractivity contribution in [3.8, 4) is 0 Å². The predicted molar refractivity (Wildman–Crippen MR) is 101 cm³/mol. The molecule has 7 nitrogen and oxygen atoms in total. The third-order valence-corrected chi connectivity index (χ3v) is 4.57. The molecule has 1 amide bonds. The van der Waals surface area contributed by atoms with Gasteiger partial charge in [-0.05, 0) is 25.0 Å². The van der Waals surface area contributed by atoms with Crippen LogP contribution >= 0.6 is 12.4 Å². The van der Waals surface area contributed by atoms with Crippen LogP contribution in [0.3, 0.4) is 0 Å². The summed E-state index contributed by atoms with van der Waals surface area (Å²) in [5.41, 5.74) is 4.59. The molecule has 0 fully saturated rings. The first kappa shape index (κ1) is 20.9. The Balaban J connectivity index is 0.00000312. The van der Waals surface area contributed by atoms with E-state index in [-0.39, 0.29) is 48.3 Å². The molecule has 1 aromatic heterocycles. The highest BCUT2D eigenvalue weighted by molar-refractivity contribution is 5.85. The summed E-state index contributed by atoms with van der Waals surface area (Å²) in [4.78, 5) is 36.6. The second kappa shape index (κ2) is 8.31. The smallest absolute Gasteiger partial charge is 0.273 e. The maximum atomic E-state index is 12.4. The molecule has 0 spiro atoms. The minimum atomic E-state index is -0.501. The number of carbonyl (C=O) groups is 1. The molecule has 1 atom stereocenters. The van der Waals surface area contributed by atoms with E-state index in [2.05, 4.69) is 10.4 Å². The number of benzene rings is 1. The molecule has 0 saturated heterocycles. The number of hydrogen-bond acceptors (Lipinski definition) is 4. The van der Waals surface area contributed by atoms with Gasteiger partial charge in [0.15, 0.2) is 0 Å². The Kier molecular flexibility index (Phi) is 6.96. The molecule has 25 heavy (non-hydrogen) atoms. The number of carbonyl (C=O) groups excluding carboxylic acids is 1. The number of rotatable bonds is 6. The number of nitrogens with one attached hydrogen (secondary N) is 2. The second-order valence-corrected chi connectivity index (χ2v) is 6.52. The topological polar surface area (TPSA) is 110 Å². The molecule has 0 aliphatic heterocycles. The van der Waals surface area contributed by atoms with Gasteiger partial charge >= 0.3 is 0 Å². The number of halogens is 1. The maximum Gasteiger partial charge on any atom is 0.273 e. The lowest BCUT2D eigenvalue weighted by molar-refractivity contribution is -0.123. The summed E-state index contributed by atoms with van der Waals surface area (Å²) < 4.78 is 1.18. The summed E-state index contributed by atoms with van der Waals surface area (Å²) in [6.45, 7) is 6.28. The van der Waals surface area contributed by atoms with Crippen molar-refractivity contribution in [1.29, 1.82) is 0 Å². The van der Waals surface area contributed by atoms with Crippen molar-refractivity contribution in [2.75, 3.05) is 6.54 Å². The highest BCUT2D eigenvalue weighted by atomic mass is 35.5. The number of nitrogens with two attached hydrogens (primary N) is 1. The number of H-pyrrole nitrogens is 1. The van der Waals surface area contributed by atoms with Crippen LogP contribution in [0.4, 0.5) is 0 Å². The summed E-state index contributed by atoms with van der Waals surface area (Å²) in [5, 5.41) is 6.12. The van der Waals surface area contributed by atoms with Crippen molar-refractivity contribution in [2.24, 2.45) is 11.7 Å². The number of aryl methyl sites for hydroxylation is 1. The number of fused-ring (bicyclic) bond motifs is 1. The Morgan fingerprint density at radius 3 is 2.44 bits per heavy atom. The maximum absolute atomic E-state index is 12.4. The zero-order chi connectivity index (χ0) is 17.9. The van der Waals surface area contributed by atoms with Crippen LogP contribution in [0.1, 0.15) is 27.2 Å². The molecule has 0 aliphatic carbocycles. The summed E-state index contributed by atoms with van der Waals surface area (Å²) in [6, 6.07) is 6.61. The molecule has 1 aromatic carbocycles. The molecule has 2 aromatic rings. The quantitative estimate of drug-likeness (QED) is 0.706. The van der Waals surface area contributed by atoms with Gasteiger partial charge in [-0.15, -0.1) is 12.4 Å². The number of aromatic nitrogens is 2. The normalized spacial score (nSPS) is 13.3. The van der Waals surface area contributed by atoms with Crippen LogP contribution in [0.15, 0.2) is 33.9 Å². The van der Waals surface area contributed by atoms with Crippen LogP contribution in [-0.4, -0.2) is 27.8 Å². The Bertz CT molecular complexity index is 859. The Morgan fingerprint density at radius 1 is 1.28 bits per heavy atom. The number of aromatic amines is 1. The number of amides is 1. The standard InChI is InChI=1S/C17H24N4O3.ClH/c1-11(2)17(3,10-18)19-14(22)8-9-21-16(24)13-7-5-4-6-12(13)15(23)20-21;/h4-7,11H,8-10,18H2,1-3H3,(H,19,22)(H,20,23);1H. The van der Waals surface area contributed by atoms with Crippen molar-refractivity contribution in [3.05, 3.63) is 45.0 Å². The van der Waals surface area contributed by atoms with Crippen LogP contribution < -0.4 is 22.2 Å². The van der Waals surface area contributed by atoms with E-state index in [4.69, 9.17) is 5.73 Å². The van der Waals surface area contributed by atoms with E-state index in [1.54, 1.807) is 24.3 Å². The van der Waals surface area contributed by atoms with Gasteiger partial charge < -0.3 is 11.1 Å². The van der Waals surface area contributed by atoms with Gasteiger partial charge in [-0.3, -0.25) is 19.5 Å². The molecule has 0 bridgehead atoms. The summed E-state index contributed by atoms with van der Waals surface area (Å²) in [5.74, 6) is -0.0350. The van der Waals surface area contributed by atoms with Crippen molar-refractivity contribution in [2.45, 2.75) is 39.3 Å². The van der Waals surface area contributed by atoms with E-state index in [1.807, 2.05) is 20.8 Å². The molecular formula is C17H25ClN4O3. The molecular weight excluding hydrogens is 344 g/mol. The van der Waals surface area contributed by atoms with E-state index in [9.17, 15) is 14.4 Å². The summed E-state index contributed by atoms with van der Waals surface area (Å²) >= 11 is 0. The first-order valence-electron chi connectivity index (χ1n) is 8.01. The van der Waals surface area contributed by atoms with E-state index >= 15 is 0 Å². The van der Waals surface area contributed by atoms with E-state index < -0.39 is 5.54 Å². The number of nitrogens with zero attached hydrogens (tertiary/aromatic N) is 1. The molecule has 4 N–H and O–H groups in total. The highest BCUT2D eigenvalue weighted by Gasteiger charge is 2.28. The fourth-order valence-electron chi connectivity index (χ4n) is 2.43. The zero-order valence-corrected chi connectivity index (χ0v) is 15.5. The van der Waals surface area contributed by atoms with Crippen LogP contribution in [0, 0.1) is 5.92 Å². The Hall–Kier alpha value is -2.12. The Labute approximate surface area is 152 Å². The van der Waals surface area contributed by atoms with E-state index in [1.165, 1.54) is 4.68 Å². The van der Waals surface area contributed by atoms with Crippen LogP contribution in [0.5, 0.6) is 0 Å². The van der Waals surface area contributed by atoms with Gasteiger partial charge in [0.25, 0.3) is 11.1 Å². The van der Waals surface area contributed by atoms with Gasteiger partial charge in [0.05, 0.1) is 22.9 Å². The van der Waals surface area contributed by atoms with Gasteiger partial charge in [-0.2, -0.15) is 0 Å². The molecule has 0 radical (unpaired) electrons. The van der Waals surface area contributed by atoms with Crippen molar-refractivity contribution in [1.82, 2.24) is 15.1 Å². The molecule has 0 saturated carbocycles. The molecule has 2 rings (SSSR count). The summed E-state index contributed by atoms with van der Waals surface area (Å²) in [7, 11) is 0. The van der Waals surface area contributed by atoms with Crippen molar-refractivity contribution < 1.29 is 4.79 Å². The minimum Gasteiger partial charge on any atom is -0.349 e. The third kappa shape index (κ3) is 4.49. The Morgan fingerprint density at radius 2 is 1.88 bits per heavy atom. The van der Waals surface area contributed by atoms with Gasteiger partial charge in [0.2, 0.25) is 5.91 Å². The minimum absolute atomic E-state index is 0. The van der Waals surface area contributed by atoms with Crippen LogP contribution in [0.25, 0.3) is 10.8 Å². The van der Waals surface area contributed by atoms with Gasteiger partial charge in [-0.1, -0.05) is 26.0 Å². The first-order chi connectivity index (χ1) is 11.3. The molecule has 0 aliphatic rings. The third-order valence-electron chi connectivity index (χ3n) is 4.57. The lowest BCUT2D eigenvalue weighted by atomic mass is 9.88. The average Bonchev–Trinajstić information content (AvgIpc) is 2.56. The first-order valence-corrected chi connectivity index (χ1v) is 8.01. The molecule has 1 heterocycles. The highest BCUT2D eigenvalue weighted by Crippen LogP contribution is 2.14. The van der Waals surface area contributed by atoms with E-state index in [0.717, 1.165) is 0 Å². The second-order valence-electron chi connectivity index (χ2n) is 6.52. The van der Waals surface area contributed by atoms with E-state index in [0.29, 0.717) is 17.3 Å². The fraction of sp³-hybridized carbons (Fsp3) is 0.471. The molecule has 138 valence electrons.